The van der Waals surface area contributed by atoms with Gasteiger partial charge in [-0.2, -0.15) is 4.31 Å². The van der Waals surface area contributed by atoms with Gasteiger partial charge in [0.15, 0.2) is 0 Å². The molecule has 0 fully saturated rings. The molecular formula is C14H20N2O3S. The van der Waals surface area contributed by atoms with Crippen LogP contribution >= 0.6 is 0 Å². The van der Waals surface area contributed by atoms with E-state index in [-0.39, 0.29) is 30.6 Å². The van der Waals surface area contributed by atoms with Crippen molar-refractivity contribution >= 4 is 10.0 Å². The molecule has 0 amide bonds. The number of nitrogens with zero attached hydrogens (tertiary/aromatic N) is 1. The summed E-state index contributed by atoms with van der Waals surface area (Å²) in [5.74, 6) is 5.43. The third-order valence-corrected chi connectivity index (χ3v) is 4.83. The van der Waals surface area contributed by atoms with Gasteiger partial charge in [0, 0.05) is 18.2 Å². The molecule has 0 heterocycles. The lowest BCUT2D eigenvalue weighted by Crippen LogP contribution is -2.39. The van der Waals surface area contributed by atoms with Crippen molar-refractivity contribution in [3.05, 3.63) is 29.8 Å². The number of rotatable bonds is 5. The summed E-state index contributed by atoms with van der Waals surface area (Å²) in [5, 5.41) is 9.06. The Morgan fingerprint density at radius 2 is 2.00 bits per heavy atom. The van der Waals surface area contributed by atoms with Gasteiger partial charge in [-0.1, -0.05) is 24.0 Å². The van der Waals surface area contributed by atoms with Crippen LogP contribution in [0.1, 0.15) is 19.4 Å². The van der Waals surface area contributed by atoms with Crippen LogP contribution in [0.15, 0.2) is 29.2 Å². The van der Waals surface area contributed by atoms with Gasteiger partial charge < -0.3 is 10.8 Å². The second kappa shape index (κ2) is 7.41. The highest BCUT2D eigenvalue weighted by Crippen LogP contribution is 2.21. The molecule has 0 spiro atoms. The number of aliphatic hydroxyl groups excluding tert-OH is 1. The molecule has 0 atom stereocenters. The second-order valence-corrected chi connectivity index (χ2v) is 6.29. The van der Waals surface area contributed by atoms with E-state index in [1.807, 2.05) is 0 Å². The average Bonchev–Trinajstić information content (AvgIpc) is 2.42. The fourth-order valence-corrected chi connectivity index (χ4v) is 3.60. The van der Waals surface area contributed by atoms with Crippen LogP contribution in [0.2, 0.25) is 0 Å². The van der Waals surface area contributed by atoms with E-state index < -0.39 is 10.0 Å². The Labute approximate surface area is 120 Å². The standard InChI is InChI=1S/C14H20N2O3S/c1-12(2)16(10-11-17)20(18,19)14-8-4-3-6-13(14)7-5-9-15/h3-4,6,8,12,17H,9-11,15H2,1-2H3. The summed E-state index contributed by atoms with van der Waals surface area (Å²) < 4.78 is 26.6. The van der Waals surface area contributed by atoms with Crippen molar-refractivity contribution in [1.29, 1.82) is 0 Å². The quantitative estimate of drug-likeness (QED) is 0.770. The summed E-state index contributed by atoms with van der Waals surface area (Å²) >= 11 is 0. The minimum Gasteiger partial charge on any atom is -0.395 e. The molecule has 20 heavy (non-hydrogen) atoms. The van der Waals surface area contributed by atoms with Crippen molar-refractivity contribution in [2.45, 2.75) is 24.8 Å². The van der Waals surface area contributed by atoms with Gasteiger partial charge >= 0.3 is 0 Å². The average molecular weight is 296 g/mol. The minimum atomic E-state index is -3.69. The van der Waals surface area contributed by atoms with Gasteiger partial charge in [-0.25, -0.2) is 8.42 Å². The van der Waals surface area contributed by atoms with Crippen LogP contribution in [0, 0.1) is 11.8 Å². The van der Waals surface area contributed by atoms with Crippen LogP contribution in [-0.4, -0.2) is 43.6 Å². The Morgan fingerprint density at radius 1 is 1.35 bits per heavy atom. The Balaban J connectivity index is 3.34. The van der Waals surface area contributed by atoms with Crippen LogP contribution in [-0.2, 0) is 10.0 Å². The summed E-state index contributed by atoms with van der Waals surface area (Å²) in [5.41, 5.74) is 5.74. The predicted octanol–water partition coefficient (Wildman–Crippen LogP) is 0.388. The lowest BCUT2D eigenvalue weighted by molar-refractivity contribution is 0.236. The van der Waals surface area contributed by atoms with Crippen molar-refractivity contribution in [2.75, 3.05) is 19.7 Å². The van der Waals surface area contributed by atoms with E-state index in [2.05, 4.69) is 11.8 Å². The molecule has 110 valence electrons. The second-order valence-electron chi connectivity index (χ2n) is 4.44. The highest BCUT2D eigenvalue weighted by molar-refractivity contribution is 7.89. The maximum Gasteiger partial charge on any atom is 0.244 e. The molecule has 0 aliphatic carbocycles. The topological polar surface area (TPSA) is 83.6 Å². The summed E-state index contributed by atoms with van der Waals surface area (Å²) in [6, 6.07) is 6.29. The van der Waals surface area contributed by atoms with E-state index in [1.54, 1.807) is 32.0 Å². The highest BCUT2D eigenvalue weighted by Gasteiger charge is 2.28. The van der Waals surface area contributed by atoms with Gasteiger partial charge in [0.1, 0.15) is 0 Å². The van der Waals surface area contributed by atoms with E-state index in [0.717, 1.165) is 0 Å². The Morgan fingerprint density at radius 3 is 2.55 bits per heavy atom. The minimum absolute atomic E-state index is 0.0542. The first-order valence-corrected chi connectivity index (χ1v) is 7.79. The Kier molecular flexibility index (Phi) is 6.17. The van der Waals surface area contributed by atoms with Crippen molar-refractivity contribution < 1.29 is 13.5 Å². The van der Waals surface area contributed by atoms with Crippen LogP contribution in [0.5, 0.6) is 0 Å². The molecule has 0 radical (unpaired) electrons. The molecule has 3 N–H and O–H groups in total. The van der Waals surface area contributed by atoms with Crippen LogP contribution in [0.3, 0.4) is 0 Å². The first-order valence-electron chi connectivity index (χ1n) is 6.35. The SMILES string of the molecule is CC(C)N(CCO)S(=O)(=O)c1ccccc1C#CCN. The van der Waals surface area contributed by atoms with Gasteiger partial charge in [0.05, 0.1) is 18.0 Å². The van der Waals surface area contributed by atoms with Gasteiger partial charge in [0.2, 0.25) is 10.0 Å². The molecule has 6 heteroatoms. The van der Waals surface area contributed by atoms with Gasteiger partial charge in [0.25, 0.3) is 0 Å². The fraction of sp³-hybridized carbons (Fsp3) is 0.429. The van der Waals surface area contributed by atoms with E-state index in [4.69, 9.17) is 10.8 Å². The molecule has 1 aromatic carbocycles. The van der Waals surface area contributed by atoms with Crippen LogP contribution in [0.25, 0.3) is 0 Å². The van der Waals surface area contributed by atoms with Gasteiger partial charge in [-0.15, -0.1) is 0 Å². The fourth-order valence-electron chi connectivity index (χ4n) is 1.82. The van der Waals surface area contributed by atoms with E-state index in [0.29, 0.717) is 5.56 Å². The number of hydrogen-bond donors (Lipinski definition) is 2. The first kappa shape index (κ1) is 16.7. The summed E-state index contributed by atoms with van der Waals surface area (Å²) in [7, 11) is -3.69. The lowest BCUT2D eigenvalue weighted by atomic mass is 10.2. The first-order chi connectivity index (χ1) is 9.45. The number of aliphatic hydroxyl groups is 1. The molecule has 1 aromatic rings. The van der Waals surface area contributed by atoms with Crippen molar-refractivity contribution in [1.82, 2.24) is 4.31 Å². The molecular weight excluding hydrogens is 276 g/mol. The van der Waals surface area contributed by atoms with Gasteiger partial charge in [-0.05, 0) is 26.0 Å². The zero-order valence-corrected chi connectivity index (χ0v) is 12.5. The smallest absolute Gasteiger partial charge is 0.244 e. The predicted molar refractivity (Wildman–Crippen MR) is 78.5 cm³/mol. The summed E-state index contributed by atoms with van der Waals surface area (Å²) in [6.45, 7) is 3.52. The maximum atomic E-state index is 12.7. The van der Waals surface area contributed by atoms with E-state index >= 15 is 0 Å². The number of hydrogen-bond acceptors (Lipinski definition) is 4. The zero-order chi connectivity index (χ0) is 15.2. The molecule has 1 rings (SSSR count). The van der Waals surface area contributed by atoms with Crippen LogP contribution in [0.4, 0.5) is 0 Å². The van der Waals surface area contributed by atoms with E-state index in [1.165, 1.54) is 10.4 Å². The number of nitrogens with two attached hydrogens (primary N) is 1. The van der Waals surface area contributed by atoms with E-state index in [9.17, 15) is 8.42 Å². The molecule has 0 aliphatic heterocycles. The zero-order valence-electron chi connectivity index (χ0n) is 11.7. The monoisotopic (exact) mass is 296 g/mol. The summed E-state index contributed by atoms with van der Waals surface area (Å²) in [6.07, 6.45) is 0. The normalized spacial score (nSPS) is 11.5. The number of sulfonamides is 1. The van der Waals surface area contributed by atoms with Crippen LogP contribution < -0.4 is 5.73 Å². The molecule has 0 unspecified atom stereocenters. The molecule has 0 saturated carbocycles. The van der Waals surface area contributed by atoms with Gasteiger partial charge in [-0.3, -0.25) is 0 Å². The molecule has 0 aliphatic rings. The molecule has 0 saturated heterocycles. The lowest BCUT2D eigenvalue weighted by Gasteiger charge is -2.25. The maximum absolute atomic E-state index is 12.7. The highest BCUT2D eigenvalue weighted by atomic mass is 32.2. The largest absolute Gasteiger partial charge is 0.395 e. The van der Waals surface area contributed by atoms with Crippen molar-refractivity contribution in [2.24, 2.45) is 5.73 Å². The molecule has 0 bridgehead atoms. The summed E-state index contributed by atoms with van der Waals surface area (Å²) in [4.78, 5) is 0.142. The molecule has 5 nitrogen and oxygen atoms in total. The third kappa shape index (κ3) is 3.81. The molecule has 0 aromatic heterocycles. The Hall–Kier alpha value is -1.39. The number of benzene rings is 1. The third-order valence-electron chi connectivity index (χ3n) is 2.70. The Bertz CT molecular complexity index is 600. The van der Waals surface area contributed by atoms with Crippen molar-refractivity contribution in [3.63, 3.8) is 0 Å². The van der Waals surface area contributed by atoms with Crippen molar-refractivity contribution in [3.8, 4) is 11.8 Å².